The van der Waals surface area contributed by atoms with Crippen LogP contribution >= 0.6 is 0 Å². The van der Waals surface area contributed by atoms with Gasteiger partial charge < -0.3 is 9.47 Å². The van der Waals surface area contributed by atoms with Gasteiger partial charge in [0.1, 0.15) is 5.82 Å². The van der Waals surface area contributed by atoms with Gasteiger partial charge in [0.15, 0.2) is 0 Å². The second-order valence-corrected chi connectivity index (χ2v) is 11.2. The number of imidazole rings is 1. The number of sulfonamides is 1. The molecule has 0 atom stereocenters. The maximum atomic E-state index is 13.0. The summed E-state index contributed by atoms with van der Waals surface area (Å²) in [5, 5.41) is 0. The summed E-state index contributed by atoms with van der Waals surface area (Å²) in [5.41, 5.74) is 4.17. The number of benzene rings is 2. The third-order valence-electron chi connectivity index (χ3n) is 6.99. The van der Waals surface area contributed by atoms with Crippen LogP contribution in [0.15, 0.2) is 47.4 Å². The third kappa shape index (κ3) is 4.36. The number of aromatic nitrogens is 2. The summed E-state index contributed by atoms with van der Waals surface area (Å²) >= 11 is 0. The van der Waals surface area contributed by atoms with E-state index in [1.165, 1.54) is 11.1 Å². The minimum atomic E-state index is -3.49. The van der Waals surface area contributed by atoms with Gasteiger partial charge in [-0.2, -0.15) is 4.31 Å². The Bertz CT molecular complexity index is 1310. The highest BCUT2D eigenvalue weighted by Crippen LogP contribution is 2.26. The van der Waals surface area contributed by atoms with Crippen LogP contribution in [-0.4, -0.2) is 52.7 Å². The van der Waals surface area contributed by atoms with Crippen molar-refractivity contribution in [2.75, 3.05) is 19.6 Å². The van der Waals surface area contributed by atoms with E-state index in [0.717, 1.165) is 50.1 Å². The number of carbonyl (C=O) groups is 1. The lowest BCUT2D eigenvalue weighted by atomic mass is 9.99. The van der Waals surface area contributed by atoms with Gasteiger partial charge in [-0.05, 0) is 55.0 Å². The first kappa shape index (κ1) is 23.1. The van der Waals surface area contributed by atoms with Crippen molar-refractivity contribution < 1.29 is 13.2 Å². The van der Waals surface area contributed by atoms with Crippen LogP contribution in [0, 0.1) is 0 Å². The smallest absolute Gasteiger partial charge is 0.243 e. The molecule has 1 amide bonds. The Kier molecular flexibility index (Phi) is 6.44. The highest BCUT2D eigenvalue weighted by Gasteiger charge is 2.28. The highest BCUT2D eigenvalue weighted by molar-refractivity contribution is 7.89. The van der Waals surface area contributed by atoms with E-state index < -0.39 is 10.0 Å². The van der Waals surface area contributed by atoms with Crippen LogP contribution in [0.3, 0.4) is 0 Å². The molecule has 0 saturated carbocycles. The molecule has 180 valence electrons. The Labute approximate surface area is 201 Å². The predicted octanol–water partition coefficient (Wildman–Crippen LogP) is 3.75. The van der Waals surface area contributed by atoms with Crippen molar-refractivity contribution in [3.05, 3.63) is 59.4 Å². The molecule has 0 unspecified atom stereocenters. The number of nitrogens with zero attached hydrogens (tertiary/aromatic N) is 4. The zero-order valence-electron chi connectivity index (χ0n) is 19.7. The first-order valence-corrected chi connectivity index (χ1v) is 13.8. The quantitative estimate of drug-likeness (QED) is 0.516. The van der Waals surface area contributed by atoms with Crippen LogP contribution < -0.4 is 0 Å². The minimum absolute atomic E-state index is 0.141. The van der Waals surface area contributed by atoms with E-state index in [2.05, 4.69) is 29.7 Å². The van der Waals surface area contributed by atoms with E-state index >= 15 is 0 Å². The zero-order valence-corrected chi connectivity index (χ0v) is 20.6. The summed E-state index contributed by atoms with van der Waals surface area (Å²) in [6, 6.07) is 13.6. The summed E-state index contributed by atoms with van der Waals surface area (Å²) in [7, 11) is -3.49. The molecule has 1 fully saturated rings. The largest absolute Gasteiger partial charge is 0.338 e. The maximum Gasteiger partial charge on any atom is 0.243 e. The van der Waals surface area contributed by atoms with E-state index in [9.17, 15) is 13.2 Å². The Balaban J connectivity index is 1.35. The fraction of sp³-hybridized carbons (Fsp3) is 0.462. The number of hydrogen-bond donors (Lipinski definition) is 0. The number of amides is 1. The normalized spacial score (nSPS) is 16.8. The fourth-order valence-corrected chi connectivity index (χ4v) is 6.68. The van der Waals surface area contributed by atoms with Gasteiger partial charge in [0, 0.05) is 45.6 Å². The van der Waals surface area contributed by atoms with Gasteiger partial charge >= 0.3 is 0 Å². The lowest BCUT2D eigenvalue weighted by molar-refractivity contribution is -0.132. The van der Waals surface area contributed by atoms with E-state index in [4.69, 9.17) is 4.98 Å². The molecule has 5 rings (SSSR count). The molecule has 0 N–H and O–H groups in total. The Morgan fingerprint density at radius 2 is 1.79 bits per heavy atom. The molecule has 8 heteroatoms. The van der Waals surface area contributed by atoms with E-state index in [1.807, 2.05) is 17.0 Å². The first-order valence-electron chi connectivity index (χ1n) is 12.3. The second kappa shape index (κ2) is 9.50. The highest BCUT2D eigenvalue weighted by atomic mass is 32.2. The standard InChI is InChI=1S/C26H32N4O3S/c1-2-14-30-24-10-9-22(34(32,33)29-15-5-6-16-29)18-23(24)27-25(30)11-12-26(31)28-17-13-20-7-3-4-8-21(20)19-28/h3-4,7-10,18H,2,5-6,11-17,19H2,1H3. The van der Waals surface area contributed by atoms with Crippen LogP contribution in [0.1, 0.15) is 49.6 Å². The molecule has 0 spiro atoms. The number of aryl methyl sites for hydroxylation is 2. The summed E-state index contributed by atoms with van der Waals surface area (Å²) in [6.45, 7) is 5.47. The Morgan fingerprint density at radius 1 is 1.03 bits per heavy atom. The molecule has 34 heavy (non-hydrogen) atoms. The molecule has 3 aromatic rings. The summed E-state index contributed by atoms with van der Waals surface area (Å²) in [5.74, 6) is 0.986. The molecule has 0 bridgehead atoms. The molecular formula is C26H32N4O3S. The maximum absolute atomic E-state index is 13.0. The first-order chi connectivity index (χ1) is 16.5. The number of rotatable bonds is 7. The van der Waals surface area contributed by atoms with Crippen LogP contribution in [0.4, 0.5) is 0 Å². The van der Waals surface area contributed by atoms with E-state index in [1.54, 1.807) is 16.4 Å². The molecule has 7 nitrogen and oxygen atoms in total. The monoisotopic (exact) mass is 480 g/mol. The zero-order chi connectivity index (χ0) is 23.7. The Morgan fingerprint density at radius 3 is 2.56 bits per heavy atom. The van der Waals surface area contributed by atoms with Crippen molar-refractivity contribution in [2.24, 2.45) is 0 Å². The second-order valence-electron chi connectivity index (χ2n) is 9.28. The summed E-state index contributed by atoms with van der Waals surface area (Å²) in [6.07, 6.45) is 4.59. The molecule has 3 heterocycles. The van der Waals surface area contributed by atoms with Crippen molar-refractivity contribution in [1.82, 2.24) is 18.8 Å². The van der Waals surface area contributed by atoms with Crippen LogP contribution in [0.25, 0.3) is 11.0 Å². The van der Waals surface area contributed by atoms with Crippen molar-refractivity contribution in [3.8, 4) is 0 Å². The average Bonchev–Trinajstić information content (AvgIpc) is 3.51. The molecule has 1 aromatic heterocycles. The molecule has 0 radical (unpaired) electrons. The average molecular weight is 481 g/mol. The number of carbonyl (C=O) groups excluding carboxylic acids is 1. The minimum Gasteiger partial charge on any atom is -0.338 e. The molecular weight excluding hydrogens is 448 g/mol. The van der Waals surface area contributed by atoms with Gasteiger partial charge in [0.05, 0.1) is 15.9 Å². The lowest BCUT2D eigenvalue weighted by Crippen LogP contribution is -2.36. The van der Waals surface area contributed by atoms with Crippen molar-refractivity contribution in [2.45, 2.75) is 63.4 Å². The van der Waals surface area contributed by atoms with E-state index in [0.29, 0.717) is 42.9 Å². The van der Waals surface area contributed by atoms with Crippen LogP contribution in [-0.2, 0) is 40.7 Å². The van der Waals surface area contributed by atoms with Crippen molar-refractivity contribution in [1.29, 1.82) is 0 Å². The fourth-order valence-electron chi connectivity index (χ4n) is 5.15. The van der Waals surface area contributed by atoms with Gasteiger partial charge in [0.2, 0.25) is 15.9 Å². The molecule has 1 saturated heterocycles. The van der Waals surface area contributed by atoms with Crippen molar-refractivity contribution in [3.63, 3.8) is 0 Å². The van der Waals surface area contributed by atoms with Crippen LogP contribution in [0.5, 0.6) is 0 Å². The van der Waals surface area contributed by atoms with Crippen molar-refractivity contribution >= 4 is 27.0 Å². The topological polar surface area (TPSA) is 75.5 Å². The van der Waals surface area contributed by atoms with Gasteiger partial charge in [-0.1, -0.05) is 31.2 Å². The van der Waals surface area contributed by atoms with E-state index in [-0.39, 0.29) is 5.91 Å². The molecule has 0 aliphatic carbocycles. The summed E-state index contributed by atoms with van der Waals surface area (Å²) < 4.78 is 29.7. The Hall–Kier alpha value is -2.71. The van der Waals surface area contributed by atoms with Gasteiger partial charge in [0.25, 0.3) is 0 Å². The number of fused-ring (bicyclic) bond motifs is 2. The third-order valence-corrected chi connectivity index (χ3v) is 8.89. The lowest BCUT2D eigenvalue weighted by Gasteiger charge is -2.29. The molecule has 2 aliphatic rings. The van der Waals surface area contributed by atoms with Gasteiger partial charge in [-0.15, -0.1) is 0 Å². The summed E-state index contributed by atoms with van der Waals surface area (Å²) in [4.78, 5) is 20.0. The number of hydrogen-bond acceptors (Lipinski definition) is 4. The SMILES string of the molecule is CCCn1c(CCC(=O)N2CCc3ccccc3C2)nc2cc(S(=O)(=O)N3CCCC3)ccc21. The predicted molar refractivity (Wildman–Crippen MR) is 132 cm³/mol. The van der Waals surface area contributed by atoms with Gasteiger partial charge in [-0.3, -0.25) is 4.79 Å². The molecule has 2 aliphatic heterocycles. The van der Waals surface area contributed by atoms with Crippen LogP contribution in [0.2, 0.25) is 0 Å². The van der Waals surface area contributed by atoms with Gasteiger partial charge in [-0.25, -0.2) is 13.4 Å². The molecule has 2 aromatic carbocycles.